The summed E-state index contributed by atoms with van der Waals surface area (Å²) in [6, 6.07) is 12.1. The molecule has 1 saturated heterocycles. The fourth-order valence-electron chi connectivity index (χ4n) is 4.07. The average Bonchev–Trinajstić information content (AvgIpc) is 2.92. The van der Waals surface area contributed by atoms with E-state index in [1.165, 1.54) is 12.8 Å². The summed E-state index contributed by atoms with van der Waals surface area (Å²) in [5.41, 5.74) is 4.59. The van der Waals surface area contributed by atoms with E-state index in [2.05, 4.69) is 17.4 Å². The second-order valence-electron chi connectivity index (χ2n) is 8.00. The van der Waals surface area contributed by atoms with Gasteiger partial charge in [0.1, 0.15) is 11.4 Å². The molecule has 0 atom stereocenters. The fraction of sp³-hybridized carbons (Fsp3) is 0.417. The molecule has 4 rings (SSSR count). The van der Waals surface area contributed by atoms with Crippen molar-refractivity contribution in [3.63, 3.8) is 0 Å². The number of nitrogens with one attached hydrogen (secondary N) is 1. The summed E-state index contributed by atoms with van der Waals surface area (Å²) in [7, 11) is 1.67. The molecule has 0 aliphatic carbocycles. The van der Waals surface area contributed by atoms with Gasteiger partial charge in [-0.25, -0.2) is 4.98 Å². The Morgan fingerprint density at radius 2 is 1.90 bits per heavy atom. The van der Waals surface area contributed by atoms with Crippen LogP contribution in [-0.2, 0) is 13.1 Å². The summed E-state index contributed by atoms with van der Waals surface area (Å²) < 4.78 is 7.35. The van der Waals surface area contributed by atoms with Gasteiger partial charge < -0.3 is 19.4 Å². The molecule has 0 saturated carbocycles. The van der Waals surface area contributed by atoms with E-state index in [0.717, 1.165) is 54.1 Å². The normalized spacial score (nSPS) is 14.7. The maximum Gasteiger partial charge on any atom is 0.274 e. The maximum absolute atomic E-state index is 13.4. The highest BCUT2D eigenvalue weighted by atomic mass is 16.5. The van der Waals surface area contributed by atoms with Gasteiger partial charge in [-0.15, -0.1) is 0 Å². The van der Waals surface area contributed by atoms with Crippen LogP contribution in [0.4, 0.5) is 0 Å². The summed E-state index contributed by atoms with van der Waals surface area (Å²) >= 11 is 0. The van der Waals surface area contributed by atoms with E-state index in [1.807, 2.05) is 46.7 Å². The molecule has 0 radical (unpaired) electrons. The number of carbonyl (C=O) groups is 1. The number of benzene rings is 1. The number of aryl methyl sites for hydroxylation is 1. The predicted molar refractivity (Wildman–Crippen MR) is 118 cm³/mol. The number of rotatable bonds is 6. The molecule has 1 aliphatic rings. The number of pyridine rings is 1. The van der Waals surface area contributed by atoms with Gasteiger partial charge in [0.2, 0.25) is 0 Å². The minimum atomic E-state index is 0.0523. The van der Waals surface area contributed by atoms with Crippen LogP contribution in [0.15, 0.2) is 42.6 Å². The van der Waals surface area contributed by atoms with E-state index in [-0.39, 0.29) is 5.91 Å². The molecule has 158 valence electrons. The largest absolute Gasteiger partial charge is 0.497 e. The molecular formula is C24H30N4O2. The molecule has 6 heteroatoms. The molecule has 3 aromatic rings. The van der Waals surface area contributed by atoms with Gasteiger partial charge in [0.05, 0.1) is 12.8 Å². The van der Waals surface area contributed by atoms with Crippen LogP contribution in [0.3, 0.4) is 0 Å². The highest BCUT2D eigenvalue weighted by molar-refractivity contribution is 5.94. The number of fused-ring (bicyclic) bond motifs is 1. The van der Waals surface area contributed by atoms with Gasteiger partial charge >= 0.3 is 0 Å². The van der Waals surface area contributed by atoms with Crippen molar-refractivity contribution in [3.05, 3.63) is 65.1 Å². The van der Waals surface area contributed by atoms with Gasteiger partial charge in [0, 0.05) is 32.4 Å². The first-order chi connectivity index (χ1) is 14.7. The monoisotopic (exact) mass is 406 g/mol. The fourth-order valence-corrected chi connectivity index (χ4v) is 4.07. The van der Waals surface area contributed by atoms with E-state index in [4.69, 9.17) is 9.72 Å². The second-order valence-corrected chi connectivity index (χ2v) is 8.00. The molecule has 2 aromatic heterocycles. The van der Waals surface area contributed by atoms with Crippen LogP contribution in [-0.4, -0.2) is 40.4 Å². The van der Waals surface area contributed by atoms with Crippen LogP contribution in [0, 0.1) is 6.92 Å². The number of methoxy groups -OCH3 is 1. The van der Waals surface area contributed by atoms with Crippen LogP contribution in [0.25, 0.3) is 5.65 Å². The van der Waals surface area contributed by atoms with Crippen LogP contribution >= 0.6 is 0 Å². The molecule has 0 spiro atoms. The molecule has 3 heterocycles. The van der Waals surface area contributed by atoms with Crippen LogP contribution in [0.2, 0.25) is 0 Å². The van der Waals surface area contributed by atoms with Crippen molar-refractivity contribution < 1.29 is 9.53 Å². The zero-order chi connectivity index (χ0) is 20.9. The summed E-state index contributed by atoms with van der Waals surface area (Å²) in [5, 5.41) is 3.49. The van der Waals surface area contributed by atoms with Crippen LogP contribution in [0.5, 0.6) is 5.75 Å². The van der Waals surface area contributed by atoms with Gasteiger partial charge in [0.25, 0.3) is 5.91 Å². The minimum Gasteiger partial charge on any atom is -0.497 e. The first-order valence-electron chi connectivity index (χ1n) is 10.8. The number of hydrogen-bond acceptors (Lipinski definition) is 4. The average molecular weight is 407 g/mol. The summed E-state index contributed by atoms with van der Waals surface area (Å²) in [5.74, 6) is 0.896. The first kappa shape index (κ1) is 20.4. The van der Waals surface area contributed by atoms with Crippen molar-refractivity contribution in [1.29, 1.82) is 0 Å². The Kier molecular flexibility index (Phi) is 6.33. The van der Waals surface area contributed by atoms with Crippen LogP contribution in [0.1, 0.15) is 53.0 Å². The van der Waals surface area contributed by atoms with E-state index >= 15 is 0 Å². The molecule has 1 aromatic carbocycles. The topological polar surface area (TPSA) is 58.9 Å². The lowest BCUT2D eigenvalue weighted by Crippen LogP contribution is -2.33. The van der Waals surface area contributed by atoms with Crippen molar-refractivity contribution in [2.45, 2.75) is 45.7 Å². The Hall–Kier alpha value is -2.86. The van der Waals surface area contributed by atoms with Crippen molar-refractivity contribution in [2.24, 2.45) is 0 Å². The van der Waals surface area contributed by atoms with E-state index in [9.17, 15) is 4.79 Å². The molecule has 1 amide bonds. The smallest absolute Gasteiger partial charge is 0.274 e. The lowest BCUT2D eigenvalue weighted by atomic mass is 10.2. The summed E-state index contributed by atoms with van der Waals surface area (Å²) in [6.45, 7) is 4.94. The van der Waals surface area contributed by atoms with E-state index < -0.39 is 0 Å². The minimum absolute atomic E-state index is 0.0523. The number of likely N-dealkylation sites (tertiary alicyclic amines) is 1. The zero-order valence-corrected chi connectivity index (χ0v) is 17.9. The van der Waals surface area contributed by atoms with Crippen molar-refractivity contribution in [3.8, 4) is 5.75 Å². The van der Waals surface area contributed by atoms with Crippen LogP contribution < -0.4 is 10.1 Å². The van der Waals surface area contributed by atoms with Gasteiger partial charge in [-0.2, -0.15) is 0 Å². The summed E-state index contributed by atoms with van der Waals surface area (Å²) in [4.78, 5) is 20.1. The number of aromatic nitrogens is 2. The zero-order valence-electron chi connectivity index (χ0n) is 17.9. The maximum atomic E-state index is 13.4. The molecule has 1 aliphatic heterocycles. The van der Waals surface area contributed by atoms with Crippen molar-refractivity contribution >= 4 is 11.6 Å². The molecule has 6 nitrogen and oxygen atoms in total. The number of hydrogen-bond donors (Lipinski definition) is 1. The predicted octanol–water partition coefficient (Wildman–Crippen LogP) is 3.96. The second kappa shape index (κ2) is 9.30. The highest BCUT2D eigenvalue weighted by Crippen LogP contribution is 2.19. The third-order valence-electron chi connectivity index (χ3n) is 5.73. The van der Waals surface area contributed by atoms with Gasteiger partial charge in [0.15, 0.2) is 5.69 Å². The standard InChI is InChI=1S/C24H30N4O2/c1-18-10-13-28-21(17-25-16-19-8-7-9-20(15-19)30-2)23(26-22(28)14-18)24(29)27-11-5-3-4-6-12-27/h7-10,13-15,25H,3-6,11-12,16-17H2,1-2H3. The molecular weight excluding hydrogens is 376 g/mol. The Balaban J connectivity index is 1.58. The highest BCUT2D eigenvalue weighted by Gasteiger charge is 2.24. The van der Waals surface area contributed by atoms with Crippen molar-refractivity contribution in [2.75, 3.05) is 20.2 Å². The van der Waals surface area contributed by atoms with Crippen molar-refractivity contribution in [1.82, 2.24) is 19.6 Å². The quantitative estimate of drug-likeness (QED) is 0.673. The Morgan fingerprint density at radius 3 is 2.67 bits per heavy atom. The van der Waals surface area contributed by atoms with E-state index in [0.29, 0.717) is 18.8 Å². The molecule has 0 unspecified atom stereocenters. The number of imidazole rings is 1. The van der Waals surface area contributed by atoms with Gasteiger partial charge in [-0.3, -0.25) is 4.79 Å². The Labute approximate surface area is 177 Å². The number of nitrogens with zero attached hydrogens (tertiary/aromatic N) is 3. The molecule has 1 N–H and O–H groups in total. The Morgan fingerprint density at radius 1 is 1.10 bits per heavy atom. The third kappa shape index (κ3) is 4.49. The van der Waals surface area contributed by atoms with E-state index in [1.54, 1.807) is 7.11 Å². The lowest BCUT2D eigenvalue weighted by molar-refractivity contribution is 0.0755. The lowest BCUT2D eigenvalue weighted by Gasteiger charge is -2.20. The number of ether oxygens (including phenoxy) is 1. The molecule has 0 bridgehead atoms. The molecule has 1 fully saturated rings. The van der Waals surface area contributed by atoms with Gasteiger partial charge in [-0.05, 0) is 55.2 Å². The molecule has 30 heavy (non-hydrogen) atoms. The Bertz CT molecular complexity index is 1020. The summed E-state index contributed by atoms with van der Waals surface area (Å²) in [6.07, 6.45) is 6.55. The SMILES string of the molecule is COc1cccc(CNCc2c(C(=O)N3CCCCCC3)nc3cc(C)ccn23)c1. The number of carbonyl (C=O) groups excluding carboxylic acids is 1. The third-order valence-corrected chi connectivity index (χ3v) is 5.73. The first-order valence-corrected chi connectivity index (χ1v) is 10.8. The van der Waals surface area contributed by atoms with Gasteiger partial charge in [-0.1, -0.05) is 25.0 Å². The number of amides is 1.